The molecule has 256 valence electrons. The van der Waals surface area contributed by atoms with Gasteiger partial charge in [-0.05, 0) is 153 Å². The Morgan fingerprint density at radius 2 is 0.852 bits per heavy atom. The minimum atomic E-state index is -0.135. The molecule has 2 aliphatic carbocycles. The van der Waals surface area contributed by atoms with Gasteiger partial charge in [-0.15, -0.1) is 0 Å². The smallest absolute Gasteiger partial charge is 0.0159 e. The van der Waals surface area contributed by atoms with E-state index in [4.69, 9.17) is 0 Å². The van der Waals surface area contributed by atoms with E-state index in [0.29, 0.717) is 0 Å². The largest absolute Gasteiger partial charge is 0.0622 e. The summed E-state index contributed by atoms with van der Waals surface area (Å²) >= 11 is 0. The molecule has 0 spiro atoms. The average Bonchev–Trinajstić information content (AvgIpc) is 3.58. The third-order valence-electron chi connectivity index (χ3n) is 12.8. The second-order valence-electron chi connectivity index (χ2n) is 16.5. The van der Waals surface area contributed by atoms with E-state index in [1.165, 1.54) is 110 Å². The number of hydrogen-bond donors (Lipinski definition) is 0. The van der Waals surface area contributed by atoms with Crippen LogP contribution in [0.5, 0.6) is 0 Å². The summed E-state index contributed by atoms with van der Waals surface area (Å²) in [5.74, 6) is 0. The van der Waals surface area contributed by atoms with E-state index in [1.807, 2.05) is 0 Å². The van der Waals surface area contributed by atoms with Crippen LogP contribution in [-0.4, -0.2) is 0 Å². The lowest BCUT2D eigenvalue weighted by molar-refractivity contribution is 0.652. The van der Waals surface area contributed by atoms with Gasteiger partial charge in [-0.3, -0.25) is 0 Å². The summed E-state index contributed by atoms with van der Waals surface area (Å²) in [6.07, 6.45) is 0. The van der Waals surface area contributed by atoms with E-state index in [1.54, 1.807) is 0 Å². The molecule has 0 bridgehead atoms. The lowest BCUT2D eigenvalue weighted by atomic mass is 9.79. The molecule has 0 saturated heterocycles. The SMILES string of the molecule is CC1(C)c2ccccc2-c2cc3c(cc21)-c1ccc(-c2cc(-c4ccccc4)cc(-c4c5ccccc5cc5c4ccc4ccccc45)c2)cc1C3(C)C. The van der Waals surface area contributed by atoms with Gasteiger partial charge in [0.1, 0.15) is 0 Å². The van der Waals surface area contributed by atoms with Crippen molar-refractivity contribution in [2.45, 2.75) is 38.5 Å². The van der Waals surface area contributed by atoms with Gasteiger partial charge in [0.15, 0.2) is 0 Å². The second kappa shape index (κ2) is 11.1. The Bertz CT molecular complexity index is 3030. The Labute approximate surface area is 317 Å². The first kappa shape index (κ1) is 31.3. The Morgan fingerprint density at radius 3 is 1.63 bits per heavy atom. The fraction of sp³-hybridized carbons (Fsp3) is 0.111. The number of benzene rings is 9. The molecule has 0 aliphatic heterocycles. The Kier molecular flexibility index (Phi) is 6.46. The summed E-state index contributed by atoms with van der Waals surface area (Å²) in [5.41, 5.74) is 18.5. The van der Waals surface area contributed by atoms with Gasteiger partial charge in [0.2, 0.25) is 0 Å². The highest BCUT2D eigenvalue weighted by Gasteiger charge is 2.41. The molecule has 0 fully saturated rings. The van der Waals surface area contributed by atoms with Crippen molar-refractivity contribution in [2.24, 2.45) is 0 Å². The first-order valence-corrected chi connectivity index (χ1v) is 19.3. The number of hydrogen-bond acceptors (Lipinski definition) is 0. The first-order chi connectivity index (χ1) is 26.3. The summed E-state index contributed by atoms with van der Waals surface area (Å²) in [6, 6.07) is 64.0. The molecule has 2 aliphatic rings. The van der Waals surface area contributed by atoms with Crippen LogP contribution in [0.1, 0.15) is 49.9 Å². The van der Waals surface area contributed by atoms with Gasteiger partial charge in [0, 0.05) is 10.8 Å². The molecule has 9 aromatic rings. The van der Waals surface area contributed by atoms with Crippen LogP contribution in [0, 0.1) is 0 Å². The molecular weight excluding hydrogens is 649 g/mol. The highest BCUT2D eigenvalue weighted by Crippen LogP contribution is 2.56. The molecule has 0 atom stereocenters. The van der Waals surface area contributed by atoms with Crippen molar-refractivity contribution in [1.29, 1.82) is 0 Å². The molecule has 0 nitrogen and oxygen atoms in total. The van der Waals surface area contributed by atoms with Crippen molar-refractivity contribution < 1.29 is 0 Å². The predicted octanol–water partition coefficient (Wildman–Crippen LogP) is 14.8. The Morgan fingerprint density at radius 1 is 0.278 bits per heavy atom. The molecule has 0 unspecified atom stereocenters. The molecule has 0 N–H and O–H groups in total. The van der Waals surface area contributed by atoms with Gasteiger partial charge in [-0.2, -0.15) is 0 Å². The third kappa shape index (κ3) is 4.37. The average molecular weight is 689 g/mol. The van der Waals surface area contributed by atoms with Crippen LogP contribution >= 0.6 is 0 Å². The van der Waals surface area contributed by atoms with E-state index in [2.05, 4.69) is 198 Å². The predicted molar refractivity (Wildman–Crippen MR) is 230 cm³/mol. The molecule has 0 aromatic heterocycles. The van der Waals surface area contributed by atoms with E-state index in [-0.39, 0.29) is 10.8 Å². The minimum Gasteiger partial charge on any atom is -0.0622 e. The quantitative estimate of drug-likeness (QED) is 0.128. The van der Waals surface area contributed by atoms with Crippen LogP contribution in [0.25, 0.3) is 88.0 Å². The molecule has 0 amide bonds. The van der Waals surface area contributed by atoms with Gasteiger partial charge >= 0.3 is 0 Å². The zero-order valence-electron chi connectivity index (χ0n) is 31.2. The van der Waals surface area contributed by atoms with E-state index >= 15 is 0 Å². The molecule has 0 saturated carbocycles. The summed E-state index contributed by atoms with van der Waals surface area (Å²) < 4.78 is 0. The zero-order valence-corrected chi connectivity index (χ0v) is 31.2. The van der Waals surface area contributed by atoms with E-state index < -0.39 is 0 Å². The summed E-state index contributed by atoms with van der Waals surface area (Å²) in [5, 5.41) is 7.68. The van der Waals surface area contributed by atoms with Crippen molar-refractivity contribution in [1.82, 2.24) is 0 Å². The molecule has 0 heteroatoms. The normalized spacial score (nSPS) is 14.6. The van der Waals surface area contributed by atoms with Gasteiger partial charge in [0.05, 0.1) is 0 Å². The number of rotatable bonds is 3. The van der Waals surface area contributed by atoms with E-state index in [9.17, 15) is 0 Å². The first-order valence-electron chi connectivity index (χ1n) is 19.3. The van der Waals surface area contributed by atoms with Gasteiger partial charge < -0.3 is 0 Å². The van der Waals surface area contributed by atoms with Crippen LogP contribution in [0.15, 0.2) is 170 Å². The summed E-state index contributed by atoms with van der Waals surface area (Å²) in [4.78, 5) is 0. The summed E-state index contributed by atoms with van der Waals surface area (Å²) in [6.45, 7) is 9.59. The van der Waals surface area contributed by atoms with Gasteiger partial charge in [0.25, 0.3) is 0 Å². The van der Waals surface area contributed by atoms with E-state index in [0.717, 1.165) is 0 Å². The monoisotopic (exact) mass is 688 g/mol. The van der Waals surface area contributed by atoms with Crippen molar-refractivity contribution in [3.05, 3.63) is 192 Å². The highest BCUT2D eigenvalue weighted by molar-refractivity contribution is 6.20. The molecule has 9 aromatic carbocycles. The maximum absolute atomic E-state index is 2.52. The molecule has 0 heterocycles. The topological polar surface area (TPSA) is 0 Å². The van der Waals surface area contributed by atoms with Crippen molar-refractivity contribution >= 4 is 32.3 Å². The fourth-order valence-electron chi connectivity index (χ4n) is 9.98. The second-order valence-corrected chi connectivity index (χ2v) is 16.5. The molecule has 0 radical (unpaired) electrons. The molecular formula is C54H40. The lowest BCUT2D eigenvalue weighted by Gasteiger charge is -2.24. The van der Waals surface area contributed by atoms with Gasteiger partial charge in [-0.1, -0.05) is 155 Å². The van der Waals surface area contributed by atoms with Crippen molar-refractivity contribution in [3.8, 4) is 55.6 Å². The maximum Gasteiger partial charge on any atom is 0.0159 e. The Hall–Kier alpha value is -6.24. The highest BCUT2D eigenvalue weighted by atomic mass is 14.4. The van der Waals surface area contributed by atoms with Crippen molar-refractivity contribution in [2.75, 3.05) is 0 Å². The van der Waals surface area contributed by atoms with Gasteiger partial charge in [-0.25, -0.2) is 0 Å². The minimum absolute atomic E-state index is 0.0276. The molecule has 11 rings (SSSR count). The van der Waals surface area contributed by atoms with Crippen LogP contribution in [-0.2, 0) is 10.8 Å². The van der Waals surface area contributed by atoms with Crippen LogP contribution in [0.3, 0.4) is 0 Å². The van der Waals surface area contributed by atoms with Crippen LogP contribution in [0.2, 0.25) is 0 Å². The Balaban J connectivity index is 1.13. The zero-order chi connectivity index (χ0) is 36.3. The summed E-state index contributed by atoms with van der Waals surface area (Å²) in [7, 11) is 0. The van der Waals surface area contributed by atoms with Crippen molar-refractivity contribution in [3.63, 3.8) is 0 Å². The number of fused-ring (bicyclic) bond motifs is 10. The maximum atomic E-state index is 2.52. The standard InChI is InChI=1S/C54H40/c1-53(2)48-21-13-12-20-42(48)46-31-51-47(32-50(46)53)43-24-23-35(30-49(43)54(51,3)4)38-26-37(33-14-6-5-7-15-33)27-39(28-38)52-41-19-11-9-17-36(41)29-45-40-18-10-8-16-34(40)22-25-44(45)52/h5-32H,1-4H3. The molecule has 54 heavy (non-hydrogen) atoms. The van der Waals surface area contributed by atoms with Crippen LogP contribution < -0.4 is 0 Å². The third-order valence-corrected chi connectivity index (χ3v) is 12.8. The lowest BCUT2D eigenvalue weighted by Crippen LogP contribution is -2.17. The fourth-order valence-corrected chi connectivity index (χ4v) is 9.98. The van der Waals surface area contributed by atoms with Crippen LogP contribution in [0.4, 0.5) is 0 Å².